The topological polar surface area (TPSA) is 59.8 Å². The number of carbonyl (C=O) groups excluding carboxylic acids is 1. The van der Waals surface area contributed by atoms with Crippen LogP contribution < -0.4 is 5.32 Å². The number of pyridine rings is 1. The number of amides is 1. The summed E-state index contributed by atoms with van der Waals surface area (Å²) in [4.78, 5) is 17.2. The zero-order valence-corrected chi connectivity index (χ0v) is 15.2. The summed E-state index contributed by atoms with van der Waals surface area (Å²) < 4.78 is 39.7. The normalized spacial score (nSPS) is 11.3. The number of halogens is 3. The van der Waals surface area contributed by atoms with E-state index in [-0.39, 0.29) is 11.4 Å². The number of anilines is 1. The van der Waals surface area contributed by atoms with Crippen molar-refractivity contribution in [2.24, 2.45) is 7.05 Å². The molecule has 0 aliphatic rings. The van der Waals surface area contributed by atoms with E-state index in [1.54, 1.807) is 43.2 Å². The lowest BCUT2D eigenvalue weighted by Crippen LogP contribution is -2.16. The SMILES string of the molecule is C=C(C)c1ccc(-c2cnn(C)c2)nc1C(=O)Nc1ccc(C(F)(F)F)cc1. The van der Waals surface area contributed by atoms with Gasteiger partial charge in [0.15, 0.2) is 0 Å². The first kappa shape index (κ1) is 19.3. The molecule has 144 valence electrons. The molecule has 5 nitrogen and oxygen atoms in total. The molecule has 0 saturated heterocycles. The van der Waals surface area contributed by atoms with Crippen LogP contribution in [0.5, 0.6) is 0 Å². The van der Waals surface area contributed by atoms with E-state index in [0.717, 1.165) is 17.7 Å². The molecule has 1 aromatic carbocycles. The summed E-state index contributed by atoms with van der Waals surface area (Å²) in [5.41, 5.74) is 2.06. The average molecular weight is 386 g/mol. The second kappa shape index (κ2) is 7.30. The maximum Gasteiger partial charge on any atom is 0.416 e. The molecule has 2 heterocycles. The van der Waals surface area contributed by atoms with E-state index < -0.39 is 17.6 Å². The molecule has 0 saturated carbocycles. The van der Waals surface area contributed by atoms with Crippen LogP contribution in [0.25, 0.3) is 16.8 Å². The van der Waals surface area contributed by atoms with Gasteiger partial charge in [-0.15, -0.1) is 0 Å². The number of rotatable bonds is 4. The van der Waals surface area contributed by atoms with Crippen LogP contribution in [0.15, 0.2) is 55.4 Å². The molecule has 0 bridgehead atoms. The number of hydrogen-bond acceptors (Lipinski definition) is 3. The van der Waals surface area contributed by atoms with Crippen LogP contribution in [0.4, 0.5) is 18.9 Å². The Morgan fingerprint density at radius 2 is 1.82 bits per heavy atom. The molecule has 0 atom stereocenters. The van der Waals surface area contributed by atoms with E-state index >= 15 is 0 Å². The van der Waals surface area contributed by atoms with Gasteiger partial charge in [-0.2, -0.15) is 18.3 Å². The zero-order valence-electron chi connectivity index (χ0n) is 15.2. The van der Waals surface area contributed by atoms with Gasteiger partial charge in [0.1, 0.15) is 5.69 Å². The smallest absolute Gasteiger partial charge is 0.321 e. The highest BCUT2D eigenvalue weighted by molar-refractivity contribution is 6.06. The van der Waals surface area contributed by atoms with Crippen LogP contribution in [-0.4, -0.2) is 20.7 Å². The molecular weight excluding hydrogens is 369 g/mol. The fourth-order valence-corrected chi connectivity index (χ4v) is 2.62. The summed E-state index contributed by atoms with van der Waals surface area (Å²) in [5, 5.41) is 6.67. The van der Waals surface area contributed by atoms with E-state index in [1.165, 1.54) is 12.1 Å². The molecule has 0 unspecified atom stereocenters. The number of hydrogen-bond donors (Lipinski definition) is 1. The number of aryl methyl sites for hydroxylation is 1. The molecule has 1 amide bonds. The Morgan fingerprint density at radius 1 is 1.14 bits per heavy atom. The molecular formula is C20H17F3N4O. The molecule has 28 heavy (non-hydrogen) atoms. The Labute approximate surface area is 159 Å². The minimum absolute atomic E-state index is 0.133. The fraction of sp³-hybridized carbons (Fsp3) is 0.150. The Morgan fingerprint density at radius 3 is 2.36 bits per heavy atom. The second-order valence-electron chi connectivity index (χ2n) is 6.30. The van der Waals surface area contributed by atoms with Crippen LogP contribution in [0, 0.1) is 0 Å². The van der Waals surface area contributed by atoms with Gasteiger partial charge in [0.05, 0.1) is 17.5 Å². The minimum Gasteiger partial charge on any atom is -0.321 e. The van der Waals surface area contributed by atoms with Gasteiger partial charge in [0.2, 0.25) is 0 Å². The summed E-state index contributed by atoms with van der Waals surface area (Å²) in [6.07, 6.45) is -1.05. The molecule has 1 N–H and O–H groups in total. The van der Waals surface area contributed by atoms with E-state index in [1.807, 2.05) is 0 Å². The minimum atomic E-state index is -4.44. The third kappa shape index (κ3) is 4.11. The van der Waals surface area contributed by atoms with Crippen LogP contribution in [-0.2, 0) is 13.2 Å². The Bertz CT molecular complexity index is 1040. The van der Waals surface area contributed by atoms with Crippen molar-refractivity contribution in [2.75, 3.05) is 5.32 Å². The van der Waals surface area contributed by atoms with Crippen LogP contribution in [0.3, 0.4) is 0 Å². The first-order valence-electron chi connectivity index (χ1n) is 8.29. The lowest BCUT2D eigenvalue weighted by molar-refractivity contribution is -0.137. The van der Waals surface area contributed by atoms with Gasteiger partial charge in [0.25, 0.3) is 5.91 Å². The highest BCUT2D eigenvalue weighted by Gasteiger charge is 2.30. The molecule has 3 rings (SSSR count). The highest BCUT2D eigenvalue weighted by atomic mass is 19.4. The molecule has 0 aliphatic carbocycles. The van der Waals surface area contributed by atoms with Crippen molar-refractivity contribution in [1.29, 1.82) is 0 Å². The average Bonchev–Trinajstić information content (AvgIpc) is 3.07. The number of nitrogens with one attached hydrogen (secondary N) is 1. The predicted molar refractivity (Wildman–Crippen MR) is 101 cm³/mol. The summed E-state index contributed by atoms with van der Waals surface area (Å²) in [5.74, 6) is -0.538. The molecule has 0 spiro atoms. The van der Waals surface area contributed by atoms with Crippen molar-refractivity contribution in [3.05, 3.63) is 72.2 Å². The second-order valence-corrected chi connectivity index (χ2v) is 6.30. The molecule has 2 aromatic heterocycles. The van der Waals surface area contributed by atoms with Crippen LogP contribution in [0.2, 0.25) is 0 Å². The van der Waals surface area contributed by atoms with E-state index in [4.69, 9.17) is 0 Å². The molecule has 3 aromatic rings. The number of carbonyl (C=O) groups is 1. The molecule has 0 radical (unpaired) electrons. The van der Waals surface area contributed by atoms with Gasteiger partial charge in [-0.1, -0.05) is 12.6 Å². The first-order chi connectivity index (χ1) is 13.1. The maximum atomic E-state index is 12.8. The van der Waals surface area contributed by atoms with Crippen LogP contribution in [0.1, 0.15) is 28.5 Å². The molecule has 0 aliphatic heterocycles. The van der Waals surface area contributed by atoms with Gasteiger partial charge in [0, 0.05) is 30.1 Å². The van der Waals surface area contributed by atoms with Crippen molar-refractivity contribution in [2.45, 2.75) is 13.1 Å². The monoisotopic (exact) mass is 386 g/mol. The van der Waals surface area contributed by atoms with Crippen molar-refractivity contribution in [1.82, 2.24) is 14.8 Å². The Kier molecular flexibility index (Phi) is 5.04. The van der Waals surface area contributed by atoms with E-state index in [2.05, 4.69) is 22.0 Å². The van der Waals surface area contributed by atoms with Crippen molar-refractivity contribution < 1.29 is 18.0 Å². The van der Waals surface area contributed by atoms with Crippen molar-refractivity contribution >= 4 is 17.2 Å². The Hall–Kier alpha value is -3.42. The van der Waals surface area contributed by atoms with Gasteiger partial charge in [-0.05, 0) is 42.8 Å². The summed E-state index contributed by atoms with van der Waals surface area (Å²) in [6.45, 7) is 5.60. The Balaban J connectivity index is 1.92. The number of alkyl halides is 3. The fourth-order valence-electron chi connectivity index (χ4n) is 2.62. The van der Waals surface area contributed by atoms with E-state index in [9.17, 15) is 18.0 Å². The first-order valence-corrected chi connectivity index (χ1v) is 8.29. The third-order valence-electron chi connectivity index (χ3n) is 4.04. The third-order valence-corrected chi connectivity index (χ3v) is 4.04. The largest absolute Gasteiger partial charge is 0.416 e. The van der Waals surface area contributed by atoms with Crippen molar-refractivity contribution in [3.63, 3.8) is 0 Å². The number of allylic oxidation sites excluding steroid dienone is 1. The predicted octanol–water partition coefficient (Wildman–Crippen LogP) is 4.79. The quantitative estimate of drug-likeness (QED) is 0.702. The lowest BCUT2D eigenvalue weighted by atomic mass is 10.0. The maximum absolute atomic E-state index is 12.8. The van der Waals surface area contributed by atoms with Gasteiger partial charge in [-0.3, -0.25) is 9.48 Å². The standard InChI is InChI=1S/C20H17F3N4O/c1-12(2)16-8-9-17(13-10-24-27(3)11-13)26-18(16)19(28)25-15-6-4-14(5-7-15)20(21,22)23/h4-11H,1H2,2-3H3,(H,25,28). The van der Waals surface area contributed by atoms with Gasteiger partial charge >= 0.3 is 6.18 Å². The van der Waals surface area contributed by atoms with Crippen LogP contribution >= 0.6 is 0 Å². The summed E-state index contributed by atoms with van der Waals surface area (Å²) in [6, 6.07) is 7.72. The van der Waals surface area contributed by atoms with E-state index in [0.29, 0.717) is 16.8 Å². The molecule has 0 fully saturated rings. The van der Waals surface area contributed by atoms with Gasteiger partial charge < -0.3 is 5.32 Å². The van der Waals surface area contributed by atoms with Crippen molar-refractivity contribution in [3.8, 4) is 11.3 Å². The lowest BCUT2D eigenvalue weighted by Gasteiger charge is -2.12. The molecule has 8 heteroatoms. The number of benzene rings is 1. The summed E-state index contributed by atoms with van der Waals surface area (Å²) in [7, 11) is 1.77. The van der Waals surface area contributed by atoms with Gasteiger partial charge in [-0.25, -0.2) is 4.98 Å². The number of nitrogens with zero attached hydrogens (tertiary/aromatic N) is 3. The highest BCUT2D eigenvalue weighted by Crippen LogP contribution is 2.30. The number of aromatic nitrogens is 3. The summed E-state index contributed by atoms with van der Waals surface area (Å²) >= 11 is 0. The zero-order chi connectivity index (χ0) is 20.5.